The van der Waals surface area contributed by atoms with Crippen molar-refractivity contribution >= 4 is 17.4 Å². The van der Waals surface area contributed by atoms with Gasteiger partial charge in [0, 0.05) is 5.69 Å². The number of methoxy groups -OCH3 is 1. The fourth-order valence-corrected chi connectivity index (χ4v) is 2.00. The van der Waals surface area contributed by atoms with E-state index in [1.165, 1.54) is 12.4 Å². The SMILES string of the molecule is COc1ccc(Nc2cnc(C(=O)NCc3ccco3)cn2)cc1. The number of rotatable bonds is 6. The van der Waals surface area contributed by atoms with Crippen LogP contribution in [-0.2, 0) is 6.54 Å². The Hall–Kier alpha value is -3.35. The second-order valence-corrected chi connectivity index (χ2v) is 4.90. The second kappa shape index (κ2) is 7.28. The summed E-state index contributed by atoms with van der Waals surface area (Å²) < 4.78 is 10.3. The zero-order valence-electron chi connectivity index (χ0n) is 13.0. The van der Waals surface area contributed by atoms with Crippen molar-refractivity contribution in [3.8, 4) is 5.75 Å². The monoisotopic (exact) mass is 324 g/mol. The van der Waals surface area contributed by atoms with E-state index in [0.717, 1.165) is 11.4 Å². The molecule has 0 atom stereocenters. The third kappa shape index (κ3) is 3.89. The maximum atomic E-state index is 12.0. The van der Waals surface area contributed by atoms with Crippen LogP contribution < -0.4 is 15.4 Å². The lowest BCUT2D eigenvalue weighted by Gasteiger charge is -2.07. The zero-order chi connectivity index (χ0) is 16.8. The van der Waals surface area contributed by atoms with Gasteiger partial charge in [-0.1, -0.05) is 0 Å². The van der Waals surface area contributed by atoms with Crippen LogP contribution in [0.2, 0.25) is 0 Å². The van der Waals surface area contributed by atoms with Crippen molar-refractivity contribution in [3.05, 3.63) is 66.5 Å². The van der Waals surface area contributed by atoms with Crippen LogP contribution in [0.4, 0.5) is 11.5 Å². The molecule has 0 spiro atoms. The van der Waals surface area contributed by atoms with Gasteiger partial charge in [-0.2, -0.15) is 0 Å². The van der Waals surface area contributed by atoms with Gasteiger partial charge in [-0.3, -0.25) is 4.79 Å². The molecular formula is C17H16N4O3. The summed E-state index contributed by atoms with van der Waals surface area (Å²) in [6.07, 6.45) is 4.48. The number of carbonyl (C=O) groups excluding carboxylic acids is 1. The minimum Gasteiger partial charge on any atom is -0.497 e. The number of carbonyl (C=O) groups is 1. The van der Waals surface area contributed by atoms with Gasteiger partial charge in [-0.25, -0.2) is 9.97 Å². The average molecular weight is 324 g/mol. The molecule has 0 unspecified atom stereocenters. The van der Waals surface area contributed by atoms with Crippen LogP contribution in [0.3, 0.4) is 0 Å². The predicted octanol–water partition coefficient (Wildman–Crippen LogP) is 2.75. The van der Waals surface area contributed by atoms with Gasteiger partial charge < -0.3 is 19.8 Å². The second-order valence-electron chi connectivity index (χ2n) is 4.90. The Kier molecular flexibility index (Phi) is 4.71. The number of nitrogens with one attached hydrogen (secondary N) is 2. The normalized spacial score (nSPS) is 10.2. The molecule has 3 rings (SSSR count). The molecule has 2 aromatic heterocycles. The Balaban J connectivity index is 1.58. The fraction of sp³-hybridized carbons (Fsp3) is 0.118. The lowest BCUT2D eigenvalue weighted by molar-refractivity contribution is 0.0942. The summed E-state index contributed by atoms with van der Waals surface area (Å²) in [5.41, 5.74) is 1.09. The van der Waals surface area contributed by atoms with Crippen LogP contribution in [0.1, 0.15) is 16.2 Å². The number of furan rings is 1. The number of nitrogens with zero attached hydrogens (tertiary/aromatic N) is 2. The molecule has 3 aromatic rings. The first kappa shape index (κ1) is 15.5. The molecule has 0 saturated heterocycles. The molecule has 0 radical (unpaired) electrons. The molecule has 122 valence electrons. The first-order valence-corrected chi connectivity index (χ1v) is 7.28. The molecule has 1 amide bonds. The van der Waals surface area contributed by atoms with E-state index in [9.17, 15) is 4.79 Å². The van der Waals surface area contributed by atoms with Crippen LogP contribution in [0.25, 0.3) is 0 Å². The summed E-state index contributed by atoms with van der Waals surface area (Å²) in [5, 5.41) is 5.81. The minimum absolute atomic E-state index is 0.238. The van der Waals surface area contributed by atoms with E-state index in [0.29, 0.717) is 18.1 Å². The van der Waals surface area contributed by atoms with Crippen LogP contribution >= 0.6 is 0 Å². The first-order valence-electron chi connectivity index (χ1n) is 7.28. The number of amides is 1. The molecule has 0 fully saturated rings. The van der Waals surface area contributed by atoms with E-state index < -0.39 is 0 Å². The van der Waals surface area contributed by atoms with Crippen molar-refractivity contribution in [1.29, 1.82) is 0 Å². The molecule has 0 aliphatic rings. The highest BCUT2D eigenvalue weighted by atomic mass is 16.5. The highest BCUT2D eigenvalue weighted by molar-refractivity contribution is 5.91. The molecule has 2 heterocycles. The number of ether oxygens (including phenoxy) is 1. The standard InChI is InChI=1S/C17H16N4O3/c1-23-13-6-4-12(5-7-13)21-16-11-18-15(10-19-16)17(22)20-9-14-3-2-8-24-14/h2-8,10-11H,9H2,1H3,(H,19,21)(H,20,22). The molecule has 7 heteroatoms. The van der Waals surface area contributed by atoms with Gasteiger partial charge in [0.25, 0.3) is 5.91 Å². The van der Waals surface area contributed by atoms with Crippen molar-refractivity contribution in [2.45, 2.75) is 6.54 Å². The van der Waals surface area contributed by atoms with Crippen molar-refractivity contribution in [1.82, 2.24) is 15.3 Å². The third-order valence-corrected chi connectivity index (χ3v) is 3.25. The fourth-order valence-electron chi connectivity index (χ4n) is 2.00. The Bertz CT molecular complexity index is 784. The van der Waals surface area contributed by atoms with E-state index in [-0.39, 0.29) is 11.6 Å². The molecular weight excluding hydrogens is 308 g/mol. The molecule has 7 nitrogen and oxygen atoms in total. The van der Waals surface area contributed by atoms with E-state index in [2.05, 4.69) is 20.6 Å². The number of hydrogen-bond donors (Lipinski definition) is 2. The van der Waals surface area contributed by atoms with Crippen LogP contribution in [0, 0.1) is 0 Å². The van der Waals surface area contributed by atoms with Gasteiger partial charge in [0.05, 0.1) is 32.3 Å². The van der Waals surface area contributed by atoms with Gasteiger partial charge in [-0.05, 0) is 36.4 Å². The highest BCUT2D eigenvalue weighted by Crippen LogP contribution is 2.18. The number of aromatic nitrogens is 2. The van der Waals surface area contributed by atoms with Gasteiger partial charge in [0.15, 0.2) is 0 Å². The summed E-state index contributed by atoms with van der Waals surface area (Å²) >= 11 is 0. The number of benzene rings is 1. The molecule has 0 saturated carbocycles. The Morgan fingerprint density at radius 2 is 2.00 bits per heavy atom. The van der Waals surface area contributed by atoms with Crippen LogP contribution in [-0.4, -0.2) is 23.0 Å². The largest absolute Gasteiger partial charge is 0.497 e. The quantitative estimate of drug-likeness (QED) is 0.725. The lowest BCUT2D eigenvalue weighted by atomic mass is 10.3. The minimum atomic E-state index is -0.310. The third-order valence-electron chi connectivity index (χ3n) is 3.25. The van der Waals surface area contributed by atoms with Crippen LogP contribution in [0.5, 0.6) is 5.75 Å². The number of anilines is 2. The van der Waals surface area contributed by atoms with Crippen molar-refractivity contribution in [2.24, 2.45) is 0 Å². The molecule has 24 heavy (non-hydrogen) atoms. The number of hydrogen-bond acceptors (Lipinski definition) is 6. The average Bonchev–Trinajstić information content (AvgIpc) is 3.14. The van der Waals surface area contributed by atoms with E-state index in [4.69, 9.17) is 9.15 Å². The first-order chi connectivity index (χ1) is 11.7. The van der Waals surface area contributed by atoms with Gasteiger partial charge >= 0.3 is 0 Å². The summed E-state index contributed by atoms with van der Waals surface area (Å²) in [5.74, 6) is 1.68. The highest BCUT2D eigenvalue weighted by Gasteiger charge is 2.08. The maximum absolute atomic E-state index is 12.0. The Labute approximate surface area is 138 Å². The zero-order valence-corrected chi connectivity index (χ0v) is 13.0. The van der Waals surface area contributed by atoms with E-state index >= 15 is 0 Å². The van der Waals surface area contributed by atoms with Gasteiger partial charge in [-0.15, -0.1) is 0 Å². The van der Waals surface area contributed by atoms with Crippen LogP contribution in [0.15, 0.2) is 59.5 Å². The summed E-state index contributed by atoms with van der Waals surface area (Å²) in [4.78, 5) is 20.3. The van der Waals surface area contributed by atoms with Crippen molar-refractivity contribution in [2.75, 3.05) is 12.4 Å². The molecule has 2 N–H and O–H groups in total. The predicted molar refractivity (Wildman–Crippen MR) is 88.2 cm³/mol. The Morgan fingerprint density at radius 1 is 1.17 bits per heavy atom. The topological polar surface area (TPSA) is 89.3 Å². The smallest absolute Gasteiger partial charge is 0.271 e. The Morgan fingerprint density at radius 3 is 2.62 bits per heavy atom. The molecule has 1 aromatic carbocycles. The summed E-state index contributed by atoms with van der Waals surface area (Å²) in [7, 11) is 1.61. The summed E-state index contributed by atoms with van der Waals surface area (Å²) in [6.45, 7) is 0.305. The van der Waals surface area contributed by atoms with Gasteiger partial charge in [0.1, 0.15) is 23.0 Å². The molecule has 0 aliphatic heterocycles. The maximum Gasteiger partial charge on any atom is 0.271 e. The lowest BCUT2D eigenvalue weighted by Crippen LogP contribution is -2.23. The van der Waals surface area contributed by atoms with Crippen molar-refractivity contribution in [3.63, 3.8) is 0 Å². The molecule has 0 aliphatic carbocycles. The van der Waals surface area contributed by atoms with Gasteiger partial charge in [0.2, 0.25) is 0 Å². The van der Waals surface area contributed by atoms with Crippen molar-refractivity contribution < 1.29 is 13.9 Å². The molecule has 0 bridgehead atoms. The van der Waals surface area contributed by atoms with E-state index in [1.54, 1.807) is 25.5 Å². The summed E-state index contributed by atoms with van der Waals surface area (Å²) in [6, 6.07) is 11.0. The van der Waals surface area contributed by atoms with E-state index in [1.807, 2.05) is 24.3 Å².